The zero-order chi connectivity index (χ0) is 16.8. The topological polar surface area (TPSA) is 82.5 Å². The van der Waals surface area contributed by atoms with Gasteiger partial charge in [0.15, 0.2) is 0 Å². The van der Waals surface area contributed by atoms with Crippen LogP contribution in [0, 0.1) is 0 Å². The van der Waals surface area contributed by atoms with Crippen molar-refractivity contribution in [2.75, 3.05) is 27.2 Å². The lowest BCUT2D eigenvalue weighted by Gasteiger charge is -2.10. The Morgan fingerprint density at radius 3 is 2.39 bits per heavy atom. The van der Waals surface area contributed by atoms with Crippen LogP contribution < -0.4 is 5.32 Å². The highest BCUT2D eigenvalue weighted by molar-refractivity contribution is 5.95. The molecular formula is C17H19N3O3. The Balaban J connectivity index is 2.12. The van der Waals surface area contributed by atoms with Crippen molar-refractivity contribution in [3.8, 4) is 11.1 Å². The van der Waals surface area contributed by atoms with Gasteiger partial charge in [-0.2, -0.15) is 0 Å². The minimum absolute atomic E-state index is 0.177. The number of hydrogen-bond acceptors (Lipinski definition) is 4. The summed E-state index contributed by atoms with van der Waals surface area (Å²) in [6, 6.07) is 8.21. The van der Waals surface area contributed by atoms with Crippen molar-refractivity contribution in [1.82, 2.24) is 15.2 Å². The molecule has 0 spiro atoms. The molecule has 1 aromatic heterocycles. The summed E-state index contributed by atoms with van der Waals surface area (Å²) in [6.45, 7) is 1.32. The molecule has 6 heteroatoms. The molecule has 2 rings (SSSR count). The molecule has 0 atom stereocenters. The van der Waals surface area contributed by atoms with Crippen LogP contribution in [0.4, 0.5) is 0 Å². The van der Waals surface area contributed by atoms with Gasteiger partial charge in [0.25, 0.3) is 5.91 Å². The van der Waals surface area contributed by atoms with E-state index in [1.165, 1.54) is 18.3 Å². The molecule has 120 valence electrons. The van der Waals surface area contributed by atoms with Gasteiger partial charge in [-0.05, 0) is 37.9 Å². The van der Waals surface area contributed by atoms with E-state index in [4.69, 9.17) is 5.11 Å². The minimum atomic E-state index is -0.969. The molecule has 0 unspecified atom stereocenters. The highest BCUT2D eigenvalue weighted by Gasteiger charge is 2.08. The molecule has 0 saturated heterocycles. The smallest absolute Gasteiger partial charge is 0.335 e. The molecule has 2 N–H and O–H groups in total. The number of hydrogen-bond donors (Lipinski definition) is 2. The highest BCUT2D eigenvalue weighted by atomic mass is 16.4. The molecular weight excluding hydrogens is 294 g/mol. The fourth-order valence-corrected chi connectivity index (χ4v) is 2.02. The maximum absolute atomic E-state index is 12.1. The number of likely N-dealkylation sites (N-methyl/N-ethyl adjacent to an activating group) is 1. The molecule has 0 aliphatic rings. The second-order valence-corrected chi connectivity index (χ2v) is 5.40. The molecule has 6 nitrogen and oxygen atoms in total. The standard InChI is InChI=1S/C17H19N3O3/c1-20(2)8-7-19-16(21)15-9-14(10-18-11-15)12-3-5-13(6-4-12)17(22)23/h3-6,9-11H,7-8H2,1-2H3,(H,19,21)(H,22,23). The number of carboxylic acids is 1. The van der Waals surface area contributed by atoms with Crippen LogP contribution in [0.3, 0.4) is 0 Å². The third-order valence-corrected chi connectivity index (χ3v) is 3.31. The summed E-state index contributed by atoms with van der Waals surface area (Å²) in [5.41, 5.74) is 2.27. The van der Waals surface area contributed by atoms with Crippen LogP contribution in [0.25, 0.3) is 11.1 Å². The van der Waals surface area contributed by atoms with Crippen LogP contribution >= 0.6 is 0 Å². The molecule has 0 radical (unpaired) electrons. The maximum atomic E-state index is 12.1. The molecule has 0 aliphatic heterocycles. The third-order valence-electron chi connectivity index (χ3n) is 3.31. The Morgan fingerprint density at radius 1 is 1.09 bits per heavy atom. The average Bonchev–Trinajstić information content (AvgIpc) is 2.54. The highest BCUT2D eigenvalue weighted by Crippen LogP contribution is 2.20. The second-order valence-electron chi connectivity index (χ2n) is 5.40. The molecule has 0 bridgehead atoms. The van der Waals surface area contributed by atoms with E-state index < -0.39 is 5.97 Å². The lowest BCUT2D eigenvalue weighted by Crippen LogP contribution is -2.31. The Bertz CT molecular complexity index is 696. The summed E-state index contributed by atoms with van der Waals surface area (Å²) in [6.07, 6.45) is 3.16. The van der Waals surface area contributed by atoms with Gasteiger partial charge in [-0.15, -0.1) is 0 Å². The van der Waals surface area contributed by atoms with Gasteiger partial charge in [-0.1, -0.05) is 12.1 Å². The van der Waals surface area contributed by atoms with Crippen LogP contribution in [-0.4, -0.2) is 54.1 Å². The summed E-state index contributed by atoms with van der Waals surface area (Å²) >= 11 is 0. The van der Waals surface area contributed by atoms with Crippen LogP contribution in [-0.2, 0) is 0 Å². The Morgan fingerprint density at radius 2 is 1.78 bits per heavy atom. The summed E-state index contributed by atoms with van der Waals surface area (Å²) in [7, 11) is 3.88. The second kappa shape index (κ2) is 7.51. The number of benzene rings is 1. The fourth-order valence-electron chi connectivity index (χ4n) is 2.02. The molecule has 2 aromatic rings. The number of carboxylic acid groups (broad SMARTS) is 1. The van der Waals surface area contributed by atoms with Gasteiger partial charge in [-0.25, -0.2) is 4.79 Å². The van der Waals surface area contributed by atoms with Crippen molar-refractivity contribution in [2.45, 2.75) is 0 Å². The number of nitrogens with zero attached hydrogens (tertiary/aromatic N) is 2. The van der Waals surface area contributed by atoms with E-state index in [-0.39, 0.29) is 11.5 Å². The van der Waals surface area contributed by atoms with Crippen molar-refractivity contribution >= 4 is 11.9 Å². The fraction of sp³-hybridized carbons (Fsp3) is 0.235. The summed E-state index contributed by atoms with van der Waals surface area (Å²) < 4.78 is 0. The van der Waals surface area contributed by atoms with E-state index in [1.54, 1.807) is 24.4 Å². The molecule has 1 amide bonds. The van der Waals surface area contributed by atoms with Crippen molar-refractivity contribution in [2.24, 2.45) is 0 Å². The number of aromatic carboxylic acids is 1. The number of carbonyl (C=O) groups excluding carboxylic acids is 1. The van der Waals surface area contributed by atoms with Crippen molar-refractivity contribution < 1.29 is 14.7 Å². The number of rotatable bonds is 6. The first-order chi connectivity index (χ1) is 11.0. The normalized spacial score (nSPS) is 10.6. The molecule has 0 saturated carbocycles. The predicted octanol–water partition coefficient (Wildman–Crippen LogP) is 1.74. The van der Waals surface area contributed by atoms with E-state index in [0.29, 0.717) is 12.1 Å². The first-order valence-corrected chi connectivity index (χ1v) is 7.19. The zero-order valence-corrected chi connectivity index (χ0v) is 13.1. The monoisotopic (exact) mass is 313 g/mol. The Hall–Kier alpha value is -2.73. The minimum Gasteiger partial charge on any atom is -0.478 e. The average molecular weight is 313 g/mol. The quantitative estimate of drug-likeness (QED) is 0.849. The van der Waals surface area contributed by atoms with Gasteiger partial charge in [0.2, 0.25) is 0 Å². The number of nitrogens with one attached hydrogen (secondary N) is 1. The first-order valence-electron chi connectivity index (χ1n) is 7.19. The van der Waals surface area contributed by atoms with Crippen LogP contribution in [0.15, 0.2) is 42.7 Å². The van der Waals surface area contributed by atoms with E-state index in [0.717, 1.165) is 17.7 Å². The van der Waals surface area contributed by atoms with Crippen LogP contribution in [0.5, 0.6) is 0 Å². The Labute approximate surface area is 134 Å². The number of carbonyl (C=O) groups is 2. The van der Waals surface area contributed by atoms with Crippen molar-refractivity contribution in [3.05, 3.63) is 53.9 Å². The van der Waals surface area contributed by atoms with Crippen LogP contribution in [0.1, 0.15) is 20.7 Å². The maximum Gasteiger partial charge on any atom is 0.335 e. The van der Waals surface area contributed by atoms with Crippen molar-refractivity contribution in [1.29, 1.82) is 0 Å². The molecule has 0 aliphatic carbocycles. The number of amides is 1. The summed E-state index contributed by atoms with van der Waals surface area (Å²) in [5, 5.41) is 11.8. The molecule has 23 heavy (non-hydrogen) atoms. The lowest BCUT2D eigenvalue weighted by molar-refractivity contribution is 0.0696. The van der Waals surface area contributed by atoms with E-state index in [1.807, 2.05) is 19.0 Å². The summed E-state index contributed by atoms with van der Waals surface area (Å²) in [4.78, 5) is 29.1. The number of pyridine rings is 1. The first kappa shape index (κ1) is 16.6. The van der Waals surface area contributed by atoms with Gasteiger partial charge in [-0.3, -0.25) is 9.78 Å². The predicted molar refractivity (Wildman–Crippen MR) is 87.5 cm³/mol. The van der Waals surface area contributed by atoms with Gasteiger partial charge in [0.1, 0.15) is 0 Å². The largest absolute Gasteiger partial charge is 0.478 e. The zero-order valence-electron chi connectivity index (χ0n) is 13.1. The molecule has 1 heterocycles. The van der Waals surface area contributed by atoms with Crippen LogP contribution in [0.2, 0.25) is 0 Å². The molecule has 0 fully saturated rings. The van der Waals surface area contributed by atoms with E-state index in [9.17, 15) is 9.59 Å². The third kappa shape index (κ3) is 4.62. The van der Waals surface area contributed by atoms with Gasteiger partial charge >= 0.3 is 5.97 Å². The summed E-state index contributed by atoms with van der Waals surface area (Å²) in [5.74, 6) is -1.15. The molecule has 1 aromatic carbocycles. The van der Waals surface area contributed by atoms with E-state index in [2.05, 4.69) is 10.3 Å². The van der Waals surface area contributed by atoms with Gasteiger partial charge in [0, 0.05) is 31.0 Å². The SMILES string of the molecule is CN(C)CCNC(=O)c1cncc(-c2ccc(C(=O)O)cc2)c1. The van der Waals surface area contributed by atoms with Gasteiger partial charge in [0.05, 0.1) is 11.1 Å². The van der Waals surface area contributed by atoms with Gasteiger partial charge < -0.3 is 15.3 Å². The number of aromatic nitrogens is 1. The lowest BCUT2D eigenvalue weighted by atomic mass is 10.0. The van der Waals surface area contributed by atoms with Crippen molar-refractivity contribution in [3.63, 3.8) is 0 Å². The van der Waals surface area contributed by atoms with E-state index >= 15 is 0 Å². The Kier molecular flexibility index (Phi) is 5.43.